The van der Waals surface area contributed by atoms with Crippen LogP contribution >= 0.6 is 0 Å². The minimum atomic E-state index is -4.05. The number of aromatic nitrogens is 1. The van der Waals surface area contributed by atoms with Crippen LogP contribution in [0.1, 0.15) is 57.9 Å². The first-order valence-corrected chi connectivity index (χ1v) is 22.5. The van der Waals surface area contributed by atoms with E-state index in [9.17, 15) is 46.2 Å². The number of hydrogen-bond acceptors (Lipinski definition) is 8. The zero-order valence-electron chi connectivity index (χ0n) is 33.4. The first-order chi connectivity index (χ1) is 28.2. The second-order valence-electron chi connectivity index (χ2n) is 14.8. The number of carbonyl (C=O) groups is 4. The van der Waals surface area contributed by atoms with Crippen molar-refractivity contribution in [2.24, 2.45) is 0 Å². The Kier molecular flexibility index (Phi) is 16.1. The summed E-state index contributed by atoms with van der Waals surface area (Å²) in [7, 11) is -8.10. The van der Waals surface area contributed by atoms with E-state index in [-0.39, 0.29) is 29.8 Å². The third-order valence-electron chi connectivity index (χ3n) is 9.96. The molecular formula is C42H51N4O12S2+. The maximum Gasteiger partial charge on any atom is 0.322 e. The predicted octanol–water partition coefficient (Wildman–Crippen LogP) is 2.83. The molecule has 4 rings (SSSR count). The highest BCUT2D eigenvalue weighted by molar-refractivity contribution is 7.89. The molecule has 0 bridgehead atoms. The summed E-state index contributed by atoms with van der Waals surface area (Å²) in [5, 5.41) is 38.9. The molecule has 322 valence electrons. The molecule has 0 amide bonds. The van der Waals surface area contributed by atoms with Gasteiger partial charge < -0.3 is 25.0 Å². The molecule has 0 spiro atoms. The third-order valence-corrected chi connectivity index (χ3v) is 12.9. The SMILES string of the molecule is C=c1\c(=C/C=C/C=C/C=C/C2=[N+](CCCCS(=O)(=O)NC(CC(=O)O)C(=O)O)c3ccccc3C2(C)C)n(CCCCS(=O)(=O)NC(CC(=O)O)C(=O)O)c2ccccc12. The van der Waals surface area contributed by atoms with E-state index in [1.165, 1.54) is 0 Å². The van der Waals surface area contributed by atoms with Crippen LogP contribution in [0.5, 0.6) is 0 Å². The Bertz CT molecular complexity index is 2570. The number of benzene rings is 2. The van der Waals surface area contributed by atoms with Gasteiger partial charge in [0.2, 0.25) is 25.7 Å². The van der Waals surface area contributed by atoms with Gasteiger partial charge in [0.15, 0.2) is 5.71 Å². The standard InChI is InChI=1S/C42H50N4O12S2/c1-29-30-17-9-11-20-35(30)45(23-13-15-25-59(55,56)43-32(40(51)52)27-38(47)48)34(29)19-7-5-4-6-8-22-37-42(2,3)31-18-10-12-21-36(31)46(37)24-14-16-26-60(57,58)44-33(41(53)54)28-39(49)50/h4-12,17-22,32-33,43-44H,1,13-16,23-28H2,2-3H3,(H3-,47,48,49,50,51,52,53,54)/p+1. The molecule has 2 heterocycles. The number of fused-ring (bicyclic) bond motifs is 2. The molecule has 2 unspecified atom stereocenters. The largest absolute Gasteiger partial charge is 0.481 e. The number of hydrogen-bond donors (Lipinski definition) is 6. The van der Waals surface area contributed by atoms with Crippen LogP contribution in [0.2, 0.25) is 0 Å². The number of carboxylic acid groups (broad SMARTS) is 4. The van der Waals surface area contributed by atoms with Gasteiger partial charge in [-0.25, -0.2) is 26.3 Å². The van der Waals surface area contributed by atoms with Crippen LogP contribution in [-0.4, -0.2) is 106 Å². The Hall–Kier alpha value is -5.69. The van der Waals surface area contributed by atoms with Crippen molar-refractivity contribution in [1.82, 2.24) is 14.0 Å². The molecule has 3 aromatic rings. The number of para-hydroxylation sites is 2. The number of sulfonamides is 2. The first kappa shape index (κ1) is 47.0. The number of aryl methyl sites for hydroxylation is 1. The van der Waals surface area contributed by atoms with Crippen molar-refractivity contribution in [2.75, 3.05) is 18.1 Å². The minimum absolute atomic E-state index is 0.195. The second-order valence-corrected chi connectivity index (χ2v) is 18.5. The van der Waals surface area contributed by atoms with Crippen molar-refractivity contribution in [2.45, 2.75) is 76.4 Å². The van der Waals surface area contributed by atoms with Gasteiger partial charge in [-0.15, -0.1) is 0 Å². The lowest BCUT2D eigenvalue weighted by atomic mass is 9.81. The number of nitrogens with one attached hydrogen (secondary N) is 2. The Balaban J connectivity index is 1.45. The summed E-state index contributed by atoms with van der Waals surface area (Å²) in [6.07, 6.45) is 12.8. The van der Waals surface area contributed by atoms with Crippen LogP contribution in [0.3, 0.4) is 0 Å². The normalized spacial score (nSPS) is 15.7. The third kappa shape index (κ3) is 12.7. The Labute approximate surface area is 348 Å². The van der Waals surface area contributed by atoms with Crippen molar-refractivity contribution >= 4 is 78.9 Å². The predicted molar refractivity (Wildman–Crippen MR) is 228 cm³/mol. The lowest BCUT2D eigenvalue weighted by Gasteiger charge is -2.15. The molecule has 1 aromatic heterocycles. The fourth-order valence-electron chi connectivity index (χ4n) is 7.08. The number of aliphatic carboxylic acids is 4. The topological polar surface area (TPSA) is 249 Å². The van der Waals surface area contributed by atoms with E-state index >= 15 is 0 Å². The van der Waals surface area contributed by atoms with Gasteiger partial charge in [-0.2, -0.15) is 4.58 Å². The highest BCUT2D eigenvalue weighted by atomic mass is 32.2. The average Bonchev–Trinajstić information content (AvgIpc) is 3.55. The van der Waals surface area contributed by atoms with Crippen LogP contribution in [-0.2, 0) is 51.2 Å². The van der Waals surface area contributed by atoms with Gasteiger partial charge >= 0.3 is 23.9 Å². The molecule has 0 aliphatic carbocycles. The molecule has 60 heavy (non-hydrogen) atoms. The van der Waals surface area contributed by atoms with E-state index in [0.717, 1.165) is 38.4 Å². The van der Waals surface area contributed by atoms with Crippen LogP contribution in [0, 0.1) is 0 Å². The molecule has 6 N–H and O–H groups in total. The van der Waals surface area contributed by atoms with Crippen molar-refractivity contribution in [3.63, 3.8) is 0 Å². The zero-order chi connectivity index (χ0) is 44.3. The number of unbranched alkanes of at least 4 members (excludes halogenated alkanes) is 2. The summed E-state index contributed by atoms with van der Waals surface area (Å²) in [4.78, 5) is 44.7. The quantitative estimate of drug-likeness (QED) is 0.0432. The lowest BCUT2D eigenvalue weighted by Crippen LogP contribution is -2.43. The summed E-state index contributed by atoms with van der Waals surface area (Å²) < 4.78 is 58.3. The molecule has 2 aromatic carbocycles. The maximum absolute atomic E-state index is 12.6. The Morgan fingerprint density at radius 2 is 1.28 bits per heavy atom. The van der Waals surface area contributed by atoms with Crippen LogP contribution in [0.25, 0.3) is 23.6 Å². The summed E-state index contributed by atoms with van der Waals surface area (Å²) >= 11 is 0. The molecule has 2 atom stereocenters. The molecule has 0 radical (unpaired) electrons. The van der Waals surface area contributed by atoms with Crippen LogP contribution in [0.4, 0.5) is 5.69 Å². The summed E-state index contributed by atoms with van der Waals surface area (Å²) in [6, 6.07) is 12.1. The molecular weight excluding hydrogens is 817 g/mol. The molecule has 0 saturated carbocycles. The molecule has 1 aliphatic heterocycles. The van der Waals surface area contributed by atoms with Gasteiger partial charge in [0, 0.05) is 52.1 Å². The summed E-state index contributed by atoms with van der Waals surface area (Å²) in [5.74, 6) is -6.73. The second kappa shape index (κ2) is 20.5. The highest BCUT2D eigenvalue weighted by Crippen LogP contribution is 2.40. The maximum atomic E-state index is 12.6. The molecule has 0 fully saturated rings. The zero-order valence-corrected chi connectivity index (χ0v) is 35.0. The van der Waals surface area contributed by atoms with Gasteiger partial charge in [0.25, 0.3) is 0 Å². The van der Waals surface area contributed by atoms with Gasteiger partial charge in [-0.1, -0.05) is 73.4 Å². The summed E-state index contributed by atoms with van der Waals surface area (Å²) in [6.45, 7) is 9.42. The lowest BCUT2D eigenvalue weighted by molar-refractivity contribution is -0.438. The molecule has 1 aliphatic rings. The average molecular weight is 868 g/mol. The van der Waals surface area contributed by atoms with Crippen molar-refractivity contribution < 1.29 is 61.0 Å². The molecule has 0 saturated heterocycles. The van der Waals surface area contributed by atoms with E-state index in [4.69, 9.17) is 10.2 Å². The Morgan fingerprint density at radius 1 is 0.750 bits per heavy atom. The minimum Gasteiger partial charge on any atom is -0.481 e. The van der Waals surface area contributed by atoms with E-state index in [1.807, 2.05) is 99.0 Å². The molecule has 16 nitrogen and oxygen atoms in total. The van der Waals surface area contributed by atoms with E-state index in [2.05, 4.69) is 31.1 Å². The van der Waals surface area contributed by atoms with Crippen molar-refractivity contribution in [1.29, 1.82) is 0 Å². The van der Waals surface area contributed by atoms with Gasteiger partial charge in [0.1, 0.15) is 18.6 Å². The van der Waals surface area contributed by atoms with Crippen molar-refractivity contribution in [3.8, 4) is 0 Å². The number of carboxylic acids is 4. The van der Waals surface area contributed by atoms with Gasteiger partial charge in [0.05, 0.1) is 29.8 Å². The Morgan fingerprint density at radius 3 is 1.88 bits per heavy atom. The van der Waals surface area contributed by atoms with Gasteiger partial charge in [-0.3, -0.25) is 19.2 Å². The monoisotopic (exact) mass is 867 g/mol. The van der Waals surface area contributed by atoms with E-state index in [0.29, 0.717) is 25.9 Å². The van der Waals surface area contributed by atoms with Crippen LogP contribution < -0.4 is 20.0 Å². The first-order valence-electron chi connectivity index (χ1n) is 19.2. The van der Waals surface area contributed by atoms with Crippen LogP contribution in [0.15, 0.2) is 85.0 Å². The number of nitrogens with zero attached hydrogens (tertiary/aromatic N) is 2. The fourth-order valence-corrected chi connectivity index (χ4v) is 9.72. The highest BCUT2D eigenvalue weighted by Gasteiger charge is 2.43. The number of allylic oxidation sites excluding steroid dienone is 6. The summed E-state index contributed by atoms with van der Waals surface area (Å²) in [5.41, 5.74) is 3.64. The van der Waals surface area contributed by atoms with E-state index in [1.54, 1.807) is 0 Å². The molecule has 18 heteroatoms. The van der Waals surface area contributed by atoms with E-state index < -0.39 is 68.8 Å². The smallest absolute Gasteiger partial charge is 0.322 e. The fraction of sp³-hybridized carbons (Fsp3) is 0.357. The van der Waals surface area contributed by atoms with Crippen molar-refractivity contribution in [3.05, 3.63) is 101 Å². The number of rotatable bonds is 24. The van der Waals surface area contributed by atoms with Gasteiger partial charge in [-0.05, 0) is 45.3 Å².